The van der Waals surface area contributed by atoms with E-state index in [0.717, 1.165) is 81.1 Å². The van der Waals surface area contributed by atoms with E-state index < -0.39 is 0 Å². The van der Waals surface area contributed by atoms with E-state index in [0.29, 0.717) is 0 Å². The molecule has 3 rings (SSSR count). The molecule has 0 aliphatic carbocycles. The van der Waals surface area contributed by atoms with Crippen LogP contribution in [-0.4, -0.2) is 69.7 Å². The van der Waals surface area contributed by atoms with Crippen molar-refractivity contribution in [3.63, 3.8) is 0 Å². The summed E-state index contributed by atoms with van der Waals surface area (Å²) in [5.74, 6) is 1.97. The molecule has 9 heteroatoms. The van der Waals surface area contributed by atoms with E-state index in [9.17, 15) is 0 Å². The van der Waals surface area contributed by atoms with Crippen molar-refractivity contribution in [3.8, 4) is 0 Å². The van der Waals surface area contributed by atoms with Crippen LogP contribution in [-0.2, 0) is 12.8 Å². The molecule has 148 valence electrons. The minimum absolute atomic E-state index is 0.823. The van der Waals surface area contributed by atoms with E-state index in [2.05, 4.69) is 55.4 Å². The van der Waals surface area contributed by atoms with Crippen LogP contribution in [0.15, 0.2) is 11.2 Å². The van der Waals surface area contributed by atoms with E-state index in [1.54, 1.807) is 0 Å². The molecule has 1 aliphatic heterocycles. The Bertz CT molecular complexity index is 729. The minimum Gasteiger partial charge on any atom is -0.357 e. The molecule has 1 aliphatic rings. The lowest BCUT2D eigenvalue weighted by Gasteiger charge is -2.36. The number of H-pyrrole nitrogens is 1. The highest BCUT2D eigenvalue weighted by Crippen LogP contribution is 2.19. The van der Waals surface area contributed by atoms with Crippen LogP contribution in [0.5, 0.6) is 0 Å². The van der Waals surface area contributed by atoms with Gasteiger partial charge in [-0.15, -0.1) is 0 Å². The summed E-state index contributed by atoms with van der Waals surface area (Å²) in [5.41, 5.74) is 2.44. The quantitative estimate of drug-likeness (QED) is 0.426. The largest absolute Gasteiger partial charge is 0.357 e. The number of hydrogen-bond donors (Lipinski definition) is 2. The number of aromatic amines is 1. The van der Waals surface area contributed by atoms with Crippen molar-refractivity contribution in [2.75, 3.05) is 44.2 Å². The summed E-state index contributed by atoms with van der Waals surface area (Å²) in [4.78, 5) is 14.1. The predicted molar refractivity (Wildman–Crippen MR) is 111 cm³/mol. The average Bonchev–Trinajstić information content (AvgIpc) is 3.33. The molecule has 8 nitrogen and oxygen atoms in total. The van der Waals surface area contributed by atoms with E-state index in [4.69, 9.17) is 4.99 Å². The molecule has 27 heavy (non-hydrogen) atoms. The van der Waals surface area contributed by atoms with Gasteiger partial charge in [-0.3, -0.25) is 10.1 Å². The minimum atomic E-state index is 0.823. The number of guanidine groups is 1. The van der Waals surface area contributed by atoms with Crippen molar-refractivity contribution in [2.24, 2.45) is 4.99 Å². The second-order valence-electron chi connectivity index (χ2n) is 6.68. The SMILES string of the molecule is CCNC(=NCCCc1cn[nH]c1C)N1CCN(c2nc(CC)ns2)CC1. The van der Waals surface area contributed by atoms with Crippen LogP contribution in [0.3, 0.4) is 0 Å². The number of hydrogen-bond acceptors (Lipinski definition) is 6. The van der Waals surface area contributed by atoms with Crippen molar-refractivity contribution < 1.29 is 0 Å². The van der Waals surface area contributed by atoms with Gasteiger partial charge in [0, 0.05) is 62.9 Å². The molecule has 0 atom stereocenters. The van der Waals surface area contributed by atoms with Crippen molar-refractivity contribution in [3.05, 3.63) is 23.3 Å². The molecule has 0 spiro atoms. The van der Waals surface area contributed by atoms with Crippen LogP contribution in [0.2, 0.25) is 0 Å². The van der Waals surface area contributed by atoms with Gasteiger partial charge in [0.05, 0.1) is 6.20 Å². The van der Waals surface area contributed by atoms with Gasteiger partial charge >= 0.3 is 0 Å². The third kappa shape index (κ3) is 5.18. The molecule has 1 saturated heterocycles. The molecular formula is C18H30N8S. The molecule has 3 heterocycles. The zero-order valence-electron chi connectivity index (χ0n) is 16.5. The third-order valence-electron chi connectivity index (χ3n) is 4.76. The number of nitrogens with one attached hydrogen (secondary N) is 2. The van der Waals surface area contributed by atoms with Gasteiger partial charge in [0.25, 0.3) is 0 Å². The van der Waals surface area contributed by atoms with E-state index in [-0.39, 0.29) is 0 Å². The smallest absolute Gasteiger partial charge is 0.205 e. The molecule has 0 unspecified atom stereocenters. The monoisotopic (exact) mass is 390 g/mol. The molecule has 0 amide bonds. The summed E-state index contributed by atoms with van der Waals surface area (Å²) in [6.07, 6.45) is 4.85. The second-order valence-corrected chi connectivity index (χ2v) is 7.41. The van der Waals surface area contributed by atoms with Crippen LogP contribution in [0.25, 0.3) is 0 Å². The summed E-state index contributed by atoms with van der Waals surface area (Å²) in [6.45, 7) is 11.8. The molecule has 2 aromatic heterocycles. The first-order chi connectivity index (χ1) is 13.2. The zero-order valence-corrected chi connectivity index (χ0v) is 17.3. The fourth-order valence-corrected chi connectivity index (χ4v) is 3.94. The molecule has 2 N–H and O–H groups in total. The summed E-state index contributed by atoms with van der Waals surface area (Å²) in [7, 11) is 0. The second kappa shape index (κ2) is 9.68. The molecule has 0 radical (unpaired) electrons. The highest BCUT2D eigenvalue weighted by molar-refractivity contribution is 7.09. The van der Waals surface area contributed by atoms with Crippen LogP contribution in [0, 0.1) is 6.92 Å². The van der Waals surface area contributed by atoms with Crippen molar-refractivity contribution in [2.45, 2.75) is 40.0 Å². The maximum atomic E-state index is 4.84. The summed E-state index contributed by atoms with van der Waals surface area (Å²) < 4.78 is 4.40. The lowest BCUT2D eigenvalue weighted by atomic mass is 10.1. The first kappa shape index (κ1) is 19.6. The Labute approximate surface area is 165 Å². The van der Waals surface area contributed by atoms with Gasteiger partial charge in [-0.05, 0) is 32.3 Å². The van der Waals surface area contributed by atoms with Gasteiger partial charge in [-0.25, -0.2) is 4.98 Å². The Morgan fingerprint density at radius 3 is 2.74 bits per heavy atom. The average molecular weight is 391 g/mol. The predicted octanol–water partition coefficient (Wildman–Crippen LogP) is 1.85. The van der Waals surface area contributed by atoms with Gasteiger partial charge in [0.15, 0.2) is 5.96 Å². The Morgan fingerprint density at radius 1 is 1.30 bits per heavy atom. The molecule has 0 saturated carbocycles. The molecule has 0 aromatic carbocycles. The number of aryl methyl sites for hydroxylation is 3. The number of nitrogens with zero attached hydrogens (tertiary/aromatic N) is 6. The van der Waals surface area contributed by atoms with Gasteiger partial charge in [-0.2, -0.15) is 9.47 Å². The topological polar surface area (TPSA) is 85.3 Å². The number of aromatic nitrogens is 4. The molecular weight excluding hydrogens is 360 g/mol. The van der Waals surface area contributed by atoms with Gasteiger partial charge < -0.3 is 15.1 Å². The van der Waals surface area contributed by atoms with E-state index in [1.165, 1.54) is 17.1 Å². The lowest BCUT2D eigenvalue weighted by Crippen LogP contribution is -2.52. The maximum absolute atomic E-state index is 4.84. The Balaban J connectivity index is 1.50. The lowest BCUT2D eigenvalue weighted by molar-refractivity contribution is 0.372. The standard InChI is InChI=1S/C18H30N8S/c1-4-16-22-18(27-24-16)26-11-9-25(10-12-26)17(19-5-2)20-8-6-7-15-13-21-23-14(15)3/h13H,4-12H2,1-3H3,(H,19,20)(H,21,23). The first-order valence-electron chi connectivity index (χ1n) is 9.80. The molecule has 0 bridgehead atoms. The Hall–Kier alpha value is -2.16. The maximum Gasteiger partial charge on any atom is 0.205 e. The number of rotatable bonds is 7. The third-order valence-corrected chi connectivity index (χ3v) is 5.57. The Kier molecular flexibility index (Phi) is 7.03. The van der Waals surface area contributed by atoms with Gasteiger partial charge in [0.1, 0.15) is 5.82 Å². The zero-order chi connectivity index (χ0) is 19.1. The summed E-state index contributed by atoms with van der Waals surface area (Å²) in [5, 5.41) is 11.6. The fraction of sp³-hybridized carbons (Fsp3) is 0.667. The molecule has 2 aromatic rings. The van der Waals surface area contributed by atoms with Crippen molar-refractivity contribution in [1.82, 2.24) is 29.8 Å². The van der Waals surface area contributed by atoms with E-state index in [1.807, 2.05) is 6.20 Å². The van der Waals surface area contributed by atoms with Crippen molar-refractivity contribution >= 4 is 22.6 Å². The Morgan fingerprint density at radius 2 is 2.11 bits per heavy atom. The highest BCUT2D eigenvalue weighted by Gasteiger charge is 2.21. The first-order valence-corrected chi connectivity index (χ1v) is 10.6. The fourth-order valence-electron chi connectivity index (χ4n) is 3.13. The summed E-state index contributed by atoms with van der Waals surface area (Å²) in [6, 6.07) is 0. The normalized spacial score (nSPS) is 15.4. The number of piperazine rings is 1. The molecule has 1 fully saturated rings. The van der Waals surface area contributed by atoms with E-state index >= 15 is 0 Å². The number of aliphatic imine (C=N–C) groups is 1. The van der Waals surface area contributed by atoms with Crippen LogP contribution in [0.1, 0.15) is 37.4 Å². The van der Waals surface area contributed by atoms with Crippen LogP contribution < -0.4 is 10.2 Å². The van der Waals surface area contributed by atoms with Gasteiger partial charge in [0.2, 0.25) is 5.13 Å². The van der Waals surface area contributed by atoms with Crippen LogP contribution in [0.4, 0.5) is 5.13 Å². The van der Waals surface area contributed by atoms with Crippen molar-refractivity contribution in [1.29, 1.82) is 0 Å². The number of anilines is 1. The van der Waals surface area contributed by atoms with Gasteiger partial charge in [-0.1, -0.05) is 6.92 Å². The highest BCUT2D eigenvalue weighted by atomic mass is 32.1. The summed E-state index contributed by atoms with van der Waals surface area (Å²) >= 11 is 1.51. The van der Waals surface area contributed by atoms with Crippen LogP contribution >= 0.6 is 11.5 Å².